The van der Waals surface area contributed by atoms with E-state index in [4.69, 9.17) is 0 Å². The van der Waals surface area contributed by atoms with Gasteiger partial charge >= 0.3 is 0 Å². The van der Waals surface area contributed by atoms with Crippen LogP contribution in [0.2, 0.25) is 0 Å². The van der Waals surface area contributed by atoms with E-state index in [0.29, 0.717) is 18.7 Å². The molecule has 1 heterocycles. The molecule has 2 aromatic rings. The zero-order chi connectivity index (χ0) is 13.0. The van der Waals surface area contributed by atoms with Crippen LogP contribution < -0.4 is 5.32 Å². The maximum atomic E-state index is 13.3. The number of pyridine rings is 1. The predicted molar refractivity (Wildman–Crippen MR) is 65.9 cm³/mol. The van der Waals surface area contributed by atoms with Gasteiger partial charge in [-0.05, 0) is 24.6 Å². The van der Waals surface area contributed by atoms with Gasteiger partial charge in [0.15, 0.2) is 0 Å². The summed E-state index contributed by atoms with van der Waals surface area (Å²) < 4.78 is 26.0. The van der Waals surface area contributed by atoms with E-state index < -0.39 is 11.6 Å². The van der Waals surface area contributed by atoms with E-state index in [0.717, 1.165) is 17.3 Å². The number of aromatic nitrogens is 1. The Hall–Kier alpha value is -1.81. The lowest BCUT2D eigenvalue weighted by molar-refractivity contribution is 0.560. The first kappa shape index (κ1) is 12.6. The Labute approximate surface area is 105 Å². The minimum atomic E-state index is -0.556. The fraction of sp³-hybridized carbons (Fsp3) is 0.214. The quantitative estimate of drug-likeness (QED) is 0.899. The number of halogens is 2. The average molecular weight is 248 g/mol. The van der Waals surface area contributed by atoms with Crippen molar-refractivity contribution in [1.82, 2.24) is 10.3 Å². The van der Waals surface area contributed by atoms with Gasteiger partial charge in [-0.15, -0.1) is 0 Å². The fourth-order valence-corrected chi connectivity index (χ4v) is 1.61. The predicted octanol–water partition coefficient (Wildman–Crippen LogP) is 2.96. The normalized spacial score (nSPS) is 10.6. The molecule has 1 aromatic carbocycles. The molecule has 0 fully saturated rings. The Bertz CT molecular complexity index is 524. The first-order valence-corrected chi connectivity index (χ1v) is 5.71. The second kappa shape index (κ2) is 5.69. The van der Waals surface area contributed by atoms with Gasteiger partial charge in [0.05, 0.1) is 0 Å². The molecule has 0 unspecified atom stereocenters. The number of rotatable bonds is 4. The molecule has 0 aliphatic rings. The summed E-state index contributed by atoms with van der Waals surface area (Å²) in [6.07, 6.45) is 1.78. The van der Waals surface area contributed by atoms with Gasteiger partial charge < -0.3 is 5.32 Å². The molecule has 94 valence electrons. The second-order valence-electron chi connectivity index (χ2n) is 4.15. The van der Waals surface area contributed by atoms with E-state index in [1.54, 1.807) is 6.20 Å². The molecule has 18 heavy (non-hydrogen) atoms. The van der Waals surface area contributed by atoms with Crippen molar-refractivity contribution in [2.75, 3.05) is 0 Å². The van der Waals surface area contributed by atoms with Gasteiger partial charge in [-0.2, -0.15) is 0 Å². The van der Waals surface area contributed by atoms with Crippen LogP contribution in [0.5, 0.6) is 0 Å². The van der Waals surface area contributed by atoms with E-state index in [1.165, 1.54) is 12.1 Å². The highest BCUT2D eigenvalue weighted by atomic mass is 19.1. The Morgan fingerprint density at radius 1 is 1.11 bits per heavy atom. The lowest BCUT2D eigenvalue weighted by atomic mass is 10.2. The maximum absolute atomic E-state index is 13.3. The van der Waals surface area contributed by atoms with Crippen LogP contribution in [0.1, 0.15) is 16.8 Å². The molecule has 0 saturated carbocycles. The van der Waals surface area contributed by atoms with Crippen molar-refractivity contribution in [2.45, 2.75) is 20.0 Å². The van der Waals surface area contributed by atoms with E-state index >= 15 is 0 Å². The van der Waals surface area contributed by atoms with Crippen LogP contribution in [-0.4, -0.2) is 4.98 Å². The molecule has 2 rings (SSSR count). The highest BCUT2D eigenvalue weighted by Crippen LogP contribution is 2.09. The summed E-state index contributed by atoms with van der Waals surface area (Å²) in [6.45, 7) is 2.88. The van der Waals surface area contributed by atoms with Crippen LogP contribution in [0.15, 0.2) is 36.5 Å². The Morgan fingerprint density at radius 3 is 2.61 bits per heavy atom. The van der Waals surface area contributed by atoms with Crippen molar-refractivity contribution in [2.24, 2.45) is 0 Å². The molecule has 0 saturated heterocycles. The minimum absolute atomic E-state index is 0.361. The summed E-state index contributed by atoms with van der Waals surface area (Å²) in [4.78, 5) is 4.17. The topological polar surface area (TPSA) is 24.9 Å². The molecule has 0 aliphatic heterocycles. The Kier molecular flexibility index (Phi) is 3.99. The fourth-order valence-electron chi connectivity index (χ4n) is 1.61. The molecule has 4 heteroatoms. The van der Waals surface area contributed by atoms with Crippen LogP contribution in [0.3, 0.4) is 0 Å². The van der Waals surface area contributed by atoms with Crippen LogP contribution in [0.25, 0.3) is 0 Å². The van der Waals surface area contributed by atoms with Gasteiger partial charge in [0, 0.05) is 36.6 Å². The van der Waals surface area contributed by atoms with Crippen molar-refractivity contribution >= 4 is 0 Å². The highest BCUT2D eigenvalue weighted by molar-refractivity contribution is 5.19. The number of nitrogens with one attached hydrogen (secondary N) is 1. The van der Waals surface area contributed by atoms with Crippen molar-refractivity contribution in [3.8, 4) is 0 Å². The highest BCUT2D eigenvalue weighted by Gasteiger charge is 2.03. The van der Waals surface area contributed by atoms with Crippen LogP contribution in [0.4, 0.5) is 8.78 Å². The van der Waals surface area contributed by atoms with Crippen LogP contribution >= 0.6 is 0 Å². The van der Waals surface area contributed by atoms with E-state index in [1.807, 2.05) is 19.1 Å². The molecule has 1 aromatic heterocycles. The van der Waals surface area contributed by atoms with Crippen molar-refractivity contribution < 1.29 is 8.78 Å². The number of benzene rings is 1. The second-order valence-corrected chi connectivity index (χ2v) is 4.15. The van der Waals surface area contributed by atoms with Gasteiger partial charge in [0.1, 0.15) is 11.6 Å². The van der Waals surface area contributed by atoms with E-state index in [9.17, 15) is 8.78 Å². The molecule has 2 nitrogen and oxygen atoms in total. The van der Waals surface area contributed by atoms with Gasteiger partial charge in [0.2, 0.25) is 0 Å². The van der Waals surface area contributed by atoms with Crippen molar-refractivity contribution in [3.63, 3.8) is 0 Å². The zero-order valence-corrected chi connectivity index (χ0v) is 10.1. The molecule has 0 spiro atoms. The zero-order valence-electron chi connectivity index (χ0n) is 10.1. The summed E-state index contributed by atoms with van der Waals surface area (Å²) in [5.41, 5.74) is 2.45. The average Bonchev–Trinajstić information content (AvgIpc) is 2.34. The smallest absolute Gasteiger partial charge is 0.130 e. The van der Waals surface area contributed by atoms with Gasteiger partial charge in [-0.1, -0.05) is 12.1 Å². The third kappa shape index (κ3) is 3.34. The Morgan fingerprint density at radius 2 is 1.94 bits per heavy atom. The van der Waals surface area contributed by atoms with E-state index in [-0.39, 0.29) is 0 Å². The van der Waals surface area contributed by atoms with Crippen LogP contribution in [-0.2, 0) is 13.1 Å². The third-order valence-electron chi connectivity index (χ3n) is 2.63. The Balaban J connectivity index is 1.90. The summed E-state index contributed by atoms with van der Waals surface area (Å²) in [7, 11) is 0. The summed E-state index contributed by atoms with van der Waals surface area (Å²) in [6, 6.07) is 7.49. The van der Waals surface area contributed by atoms with Gasteiger partial charge in [-0.3, -0.25) is 4.98 Å². The third-order valence-corrected chi connectivity index (χ3v) is 2.63. The molecule has 1 N–H and O–H groups in total. The molecular formula is C14H14F2N2. The monoisotopic (exact) mass is 248 g/mol. The lowest BCUT2D eigenvalue weighted by Gasteiger charge is -2.06. The summed E-state index contributed by atoms with van der Waals surface area (Å²) >= 11 is 0. The molecule has 0 aliphatic carbocycles. The molecule has 0 bridgehead atoms. The van der Waals surface area contributed by atoms with Gasteiger partial charge in [-0.25, -0.2) is 8.78 Å². The van der Waals surface area contributed by atoms with E-state index in [2.05, 4.69) is 10.3 Å². The summed E-state index contributed by atoms with van der Waals surface area (Å²) in [5.74, 6) is -1.08. The minimum Gasteiger partial charge on any atom is -0.308 e. The molecular weight excluding hydrogens is 234 g/mol. The van der Waals surface area contributed by atoms with Crippen molar-refractivity contribution in [1.29, 1.82) is 0 Å². The SMILES string of the molecule is Cc1ccc(CNCc2ccc(F)cc2F)cn1. The largest absolute Gasteiger partial charge is 0.308 e. The number of nitrogens with zero attached hydrogens (tertiary/aromatic N) is 1. The number of aryl methyl sites for hydroxylation is 1. The number of hydrogen-bond donors (Lipinski definition) is 1. The standard InChI is InChI=1S/C14H14F2N2/c1-10-2-3-11(8-18-10)7-17-9-12-4-5-13(15)6-14(12)16/h2-6,8,17H,7,9H2,1H3. The first-order chi connectivity index (χ1) is 8.65. The maximum Gasteiger partial charge on any atom is 0.130 e. The van der Waals surface area contributed by atoms with Crippen molar-refractivity contribution in [3.05, 3.63) is 65.0 Å². The van der Waals surface area contributed by atoms with Crippen LogP contribution in [0, 0.1) is 18.6 Å². The lowest BCUT2D eigenvalue weighted by Crippen LogP contribution is -2.14. The molecule has 0 amide bonds. The molecule has 0 radical (unpaired) electrons. The summed E-state index contributed by atoms with van der Waals surface area (Å²) in [5, 5.41) is 3.10. The van der Waals surface area contributed by atoms with Gasteiger partial charge in [0.25, 0.3) is 0 Å². The molecule has 0 atom stereocenters. The number of hydrogen-bond acceptors (Lipinski definition) is 2. The first-order valence-electron chi connectivity index (χ1n) is 5.71.